The summed E-state index contributed by atoms with van der Waals surface area (Å²) in [5.74, 6) is 0.646. The summed E-state index contributed by atoms with van der Waals surface area (Å²) in [5.41, 5.74) is 0.937. The quantitative estimate of drug-likeness (QED) is 0.857. The van der Waals surface area contributed by atoms with Gasteiger partial charge in [0, 0.05) is 11.8 Å². The fourth-order valence-corrected chi connectivity index (χ4v) is 3.90. The summed E-state index contributed by atoms with van der Waals surface area (Å²) >= 11 is 0. The molecular formula is C18H18N2O4S. The van der Waals surface area contributed by atoms with E-state index in [1.54, 1.807) is 36.4 Å². The highest BCUT2D eigenvalue weighted by Gasteiger charge is 2.44. The van der Waals surface area contributed by atoms with Crippen LogP contribution in [0, 0.1) is 11.3 Å². The molecule has 0 spiro atoms. The predicted octanol–water partition coefficient (Wildman–Crippen LogP) is 3.06. The molecule has 7 heteroatoms. The first-order valence-corrected chi connectivity index (χ1v) is 9.19. The minimum atomic E-state index is -3.85. The van der Waals surface area contributed by atoms with Gasteiger partial charge in [0.05, 0.1) is 25.7 Å². The molecule has 1 fully saturated rings. The zero-order valence-corrected chi connectivity index (χ0v) is 14.8. The smallest absolute Gasteiger partial charge is 0.265 e. The van der Waals surface area contributed by atoms with Gasteiger partial charge in [0.1, 0.15) is 16.4 Å². The molecule has 1 aliphatic rings. The highest BCUT2D eigenvalue weighted by molar-refractivity contribution is 7.92. The zero-order chi connectivity index (χ0) is 18.1. The Morgan fingerprint density at radius 3 is 2.28 bits per heavy atom. The molecule has 130 valence electrons. The van der Waals surface area contributed by atoms with Crippen LogP contribution >= 0.6 is 0 Å². The van der Waals surface area contributed by atoms with E-state index in [0.29, 0.717) is 11.4 Å². The van der Waals surface area contributed by atoms with Gasteiger partial charge in [0.15, 0.2) is 0 Å². The summed E-state index contributed by atoms with van der Waals surface area (Å²) in [4.78, 5) is -0.00545. The third-order valence-corrected chi connectivity index (χ3v) is 5.72. The Balaban J connectivity index is 1.88. The van der Waals surface area contributed by atoms with Crippen molar-refractivity contribution in [3.8, 4) is 17.6 Å². The summed E-state index contributed by atoms with van der Waals surface area (Å²) < 4.78 is 38.2. The lowest BCUT2D eigenvalue weighted by Gasteiger charge is -2.13. The number of nitrogens with one attached hydrogen (secondary N) is 1. The third kappa shape index (κ3) is 3.26. The van der Waals surface area contributed by atoms with Crippen molar-refractivity contribution in [2.24, 2.45) is 0 Å². The van der Waals surface area contributed by atoms with Crippen molar-refractivity contribution in [1.29, 1.82) is 5.26 Å². The number of nitriles is 1. The van der Waals surface area contributed by atoms with Crippen LogP contribution in [0.2, 0.25) is 0 Å². The van der Waals surface area contributed by atoms with Crippen molar-refractivity contribution in [3.63, 3.8) is 0 Å². The van der Waals surface area contributed by atoms with Crippen LogP contribution < -0.4 is 14.2 Å². The molecule has 1 saturated carbocycles. The highest BCUT2D eigenvalue weighted by Crippen LogP contribution is 2.47. The lowest BCUT2D eigenvalue weighted by molar-refractivity contribution is 0.392. The van der Waals surface area contributed by atoms with Crippen molar-refractivity contribution in [2.75, 3.05) is 18.9 Å². The second-order valence-electron chi connectivity index (χ2n) is 5.89. The van der Waals surface area contributed by atoms with Gasteiger partial charge in [-0.15, -0.1) is 0 Å². The van der Waals surface area contributed by atoms with Gasteiger partial charge < -0.3 is 9.47 Å². The fourth-order valence-electron chi connectivity index (χ4n) is 2.65. The predicted molar refractivity (Wildman–Crippen MR) is 93.3 cm³/mol. The van der Waals surface area contributed by atoms with Gasteiger partial charge in [-0.3, -0.25) is 4.72 Å². The summed E-state index contributed by atoms with van der Waals surface area (Å²) in [7, 11) is -0.972. The molecule has 1 aliphatic carbocycles. The summed E-state index contributed by atoms with van der Waals surface area (Å²) in [6.07, 6.45) is 1.69. The first kappa shape index (κ1) is 17.1. The maximum absolute atomic E-state index is 12.7. The molecule has 0 unspecified atom stereocenters. The molecule has 0 atom stereocenters. The van der Waals surface area contributed by atoms with Gasteiger partial charge in [0.2, 0.25) is 0 Å². The largest absolute Gasteiger partial charge is 0.497 e. The average molecular weight is 358 g/mol. The van der Waals surface area contributed by atoms with Crippen LogP contribution in [0.5, 0.6) is 11.5 Å². The Bertz CT molecular complexity index is 927. The molecule has 2 aromatic rings. The van der Waals surface area contributed by atoms with Crippen LogP contribution in [-0.4, -0.2) is 22.6 Å². The Kier molecular flexibility index (Phi) is 4.31. The van der Waals surface area contributed by atoms with Gasteiger partial charge in [-0.05, 0) is 42.7 Å². The van der Waals surface area contributed by atoms with Gasteiger partial charge in [-0.25, -0.2) is 8.42 Å². The minimum absolute atomic E-state index is 0.00545. The number of anilines is 1. The summed E-state index contributed by atoms with van der Waals surface area (Å²) in [5, 5.41) is 9.23. The maximum Gasteiger partial charge on any atom is 0.265 e. The molecule has 0 bridgehead atoms. The standard InChI is InChI=1S/C18H18N2O4S/c1-23-15-7-8-16(24-2)17(11-15)25(21,22)20-14-5-3-13(4-6-14)18(12-19)9-10-18/h3-8,11,20H,9-10H2,1-2H3. The van der Waals surface area contributed by atoms with Crippen LogP contribution in [-0.2, 0) is 15.4 Å². The number of benzene rings is 2. The van der Waals surface area contributed by atoms with Crippen molar-refractivity contribution in [1.82, 2.24) is 0 Å². The number of ether oxygens (including phenoxy) is 2. The van der Waals surface area contributed by atoms with E-state index in [9.17, 15) is 13.7 Å². The van der Waals surface area contributed by atoms with Gasteiger partial charge in [0.25, 0.3) is 10.0 Å². The fraction of sp³-hybridized carbons (Fsp3) is 0.278. The minimum Gasteiger partial charge on any atom is -0.497 e. The maximum atomic E-state index is 12.7. The molecule has 3 rings (SSSR count). The third-order valence-electron chi connectivity index (χ3n) is 4.31. The lowest BCUT2D eigenvalue weighted by Crippen LogP contribution is -2.14. The number of rotatable bonds is 6. The Morgan fingerprint density at radius 1 is 1.08 bits per heavy atom. The first-order valence-electron chi connectivity index (χ1n) is 7.71. The number of hydrogen-bond donors (Lipinski definition) is 1. The number of sulfonamides is 1. The van der Waals surface area contributed by atoms with Crippen LogP contribution in [0.15, 0.2) is 47.4 Å². The number of hydrogen-bond acceptors (Lipinski definition) is 5. The Morgan fingerprint density at radius 2 is 1.76 bits per heavy atom. The molecule has 2 aromatic carbocycles. The van der Waals surface area contributed by atoms with E-state index < -0.39 is 15.4 Å². The van der Waals surface area contributed by atoms with Crippen LogP contribution in [0.4, 0.5) is 5.69 Å². The molecule has 0 heterocycles. The summed E-state index contributed by atoms with van der Waals surface area (Å²) in [6.45, 7) is 0. The second kappa shape index (κ2) is 6.30. The van der Waals surface area contributed by atoms with E-state index in [1.807, 2.05) is 0 Å². The molecule has 1 N–H and O–H groups in total. The second-order valence-corrected chi connectivity index (χ2v) is 7.54. The molecule has 25 heavy (non-hydrogen) atoms. The molecule has 0 aliphatic heterocycles. The van der Waals surface area contributed by atoms with Crippen LogP contribution in [0.3, 0.4) is 0 Å². The molecule has 0 radical (unpaired) electrons. The van der Waals surface area contributed by atoms with E-state index >= 15 is 0 Å². The van der Waals surface area contributed by atoms with Crippen molar-refractivity contribution < 1.29 is 17.9 Å². The molecule has 0 saturated heterocycles. The Labute approximate surface area is 147 Å². The van der Waals surface area contributed by atoms with E-state index in [-0.39, 0.29) is 10.6 Å². The van der Waals surface area contributed by atoms with Crippen molar-refractivity contribution in [3.05, 3.63) is 48.0 Å². The Hall–Kier alpha value is -2.72. The number of methoxy groups -OCH3 is 2. The topological polar surface area (TPSA) is 88.4 Å². The number of nitrogens with zero attached hydrogens (tertiary/aromatic N) is 1. The molecule has 0 amide bonds. The van der Waals surface area contributed by atoms with Gasteiger partial charge >= 0.3 is 0 Å². The van der Waals surface area contributed by atoms with E-state index in [1.165, 1.54) is 20.3 Å². The summed E-state index contributed by atoms with van der Waals surface area (Å²) in [6, 6.07) is 13.8. The molecular weight excluding hydrogens is 340 g/mol. The molecule has 0 aromatic heterocycles. The average Bonchev–Trinajstić information content (AvgIpc) is 3.42. The van der Waals surface area contributed by atoms with E-state index in [0.717, 1.165) is 18.4 Å². The SMILES string of the molecule is COc1ccc(OC)c(S(=O)(=O)Nc2ccc(C3(C#N)CC3)cc2)c1. The lowest BCUT2D eigenvalue weighted by atomic mass is 9.98. The molecule has 6 nitrogen and oxygen atoms in total. The normalized spacial score (nSPS) is 15.1. The van der Waals surface area contributed by atoms with Crippen LogP contribution in [0.25, 0.3) is 0 Å². The van der Waals surface area contributed by atoms with Gasteiger partial charge in [-0.2, -0.15) is 5.26 Å². The zero-order valence-electron chi connectivity index (χ0n) is 13.9. The highest BCUT2D eigenvalue weighted by atomic mass is 32.2. The van der Waals surface area contributed by atoms with Gasteiger partial charge in [-0.1, -0.05) is 12.1 Å². The van der Waals surface area contributed by atoms with E-state index in [4.69, 9.17) is 9.47 Å². The van der Waals surface area contributed by atoms with Crippen molar-refractivity contribution in [2.45, 2.75) is 23.2 Å². The monoisotopic (exact) mass is 358 g/mol. The van der Waals surface area contributed by atoms with E-state index in [2.05, 4.69) is 10.8 Å². The van der Waals surface area contributed by atoms with Crippen molar-refractivity contribution >= 4 is 15.7 Å². The van der Waals surface area contributed by atoms with Crippen LogP contribution in [0.1, 0.15) is 18.4 Å². The first-order chi connectivity index (χ1) is 11.9.